The lowest BCUT2D eigenvalue weighted by Gasteiger charge is -2.35. The summed E-state index contributed by atoms with van der Waals surface area (Å²) in [5.74, 6) is 1.73. The average molecular weight is 418 g/mol. The Labute approximate surface area is 179 Å². The number of piperidine rings is 1. The van der Waals surface area contributed by atoms with Gasteiger partial charge in [0.05, 0.1) is 5.69 Å². The number of rotatable bonds is 7. The molecule has 0 unspecified atom stereocenters. The molecule has 2 aromatic heterocycles. The fraction of sp³-hybridized carbons (Fsp3) is 0.773. The number of anilines is 1. The van der Waals surface area contributed by atoms with Gasteiger partial charge in [-0.1, -0.05) is 34.6 Å². The van der Waals surface area contributed by atoms with Crippen molar-refractivity contribution in [1.82, 2.24) is 24.6 Å². The molecule has 8 nitrogen and oxygen atoms in total. The monoisotopic (exact) mass is 417 g/mol. The zero-order valence-corrected chi connectivity index (χ0v) is 19.5. The molecule has 3 N–H and O–H groups in total. The molecule has 2 aromatic rings. The molecule has 3 heterocycles. The highest BCUT2D eigenvalue weighted by Crippen LogP contribution is 2.28. The molecule has 3 rings (SSSR count). The first-order valence-electron chi connectivity index (χ1n) is 11.2. The largest absolute Gasteiger partial charge is 0.342 e. The van der Waals surface area contributed by atoms with Crippen molar-refractivity contribution >= 4 is 17.0 Å². The van der Waals surface area contributed by atoms with Gasteiger partial charge in [-0.25, -0.2) is 4.98 Å². The summed E-state index contributed by atoms with van der Waals surface area (Å²) >= 11 is 0. The van der Waals surface area contributed by atoms with Crippen LogP contribution in [0.25, 0.3) is 11.0 Å². The van der Waals surface area contributed by atoms with Gasteiger partial charge in [0.15, 0.2) is 5.52 Å². The summed E-state index contributed by atoms with van der Waals surface area (Å²) in [6, 6.07) is 0. The van der Waals surface area contributed by atoms with Gasteiger partial charge in [-0.15, -0.1) is 0 Å². The molecule has 0 amide bonds. The van der Waals surface area contributed by atoms with Crippen molar-refractivity contribution in [2.24, 2.45) is 24.6 Å². The second kappa shape index (κ2) is 9.06. The van der Waals surface area contributed by atoms with Crippen LogP contribution in [0.4, 0.5) is 5.95 Å². The number of nitrogens with two attached hydrogens (primary N) is 1. The van der Waals surface area contributed by atoms with Crippen molar-refractivity contribution in [3.8, 4) is 0 Å². The minimum atomic E-state index is -0.184. The number of nitrogens with one attached hydrogen (secondary N) is 1. The summed E-state index contributed by atoms with van der Waals surface area (Å²) in [7, 11) is 1.81. The molecule has 30 heavy (non-hydrogen) atoms. The summed E-state index contributed by atoms with van der Waals surface area (Å²) in [5, 5.41) is 4.62. The van der Waals surface area contributed by atoms with Gasteiger partial charge in [-0.05, 0) is 37.8 Å². The molecular formula is C22H39N7O. The topological polar surface area (TPSA) is 96.1 Å². The predicted octanol–water partition coefficient (Wildman–Crippen LogP) is 2.09. The van der Waals surface area contributed by atoms with E-state index in [4.69, 9.17) is 10.7 Å². The molecule has 168 valence electrons. The van der Waals surface area contributed by atoms with E-state index in [0.29, 0.717) is 23.3 Å². The lowest BCUT2D eigenvalue weighted by atomic mass is 9.91. The molecule has 0 saturated carbocycles. The minimum absolute atomic E-state index is 0.118. The maximum absolute atomic E-state index is 13.0. The summed E-state index contributed by atoms with van der Waals surface area (Å²) in [6.07, 6.45) is 2.31. The molecule has 8 heteroatoms. The van der Waals surface area contributed by atoms with Crippen molar-refractivity contribution in [2.75, 3.05) is 44.2 Å². The summed E-state index contributed by atoms with van der Waals surface area (Å²) in [4.78, 5) is 25.7. The molecule has 0 atom stereocenters. The van der Waals surface area contributed by atoms with E-state index in [1.165, 1.54) is 0 Å². The van der Waals surface area contributed by atoms with Gasteiger partial charge in [-0.2, -0.15) is 5.10 Å². The quantitative estimate of drug-likeness (QED) is 0.716. The van der Waals surface area contributed by atoms with E-state index in [9.17, 15) is 4.79 Å². The highest BCUT2D eigenvalue weighted by molar-refractivity contribution is 5.78. The number of aromatic amines is 1. The second-order valence-corrected chi connectivity index (χ2v) is 10.2. The highest BCUT2D eigenvalue weighted by Gasteiger charge is 2.27. The second-order valence-electron chi connectivity index (χ2n) is 10.2. The van der Waals surface area contributed by atoms with Gasteiger partial charge in [0.25, 0.3) is 5.56 Å². The maximum Gasteiger partial charge on any atom is 0.278 e. The Balaban J connectivity index is 1.91. The van der Waals surface area contributed by atoms with Crippen molar-refractivity contribution in [3.63, 3.8) is 0 Å². The van der Waals surface area contributed by atoms with Gasteiger partial charge in [0.2, 0.25) is 5.95 Å². The SMILES string of the molecule is CC(C)CN(CC1CCN(CCN)CC1)c1nc2c(C(C)(C)C)nn(C)c2c(=O)[nH]1. The van der Waals surface area contributed by atoms with E-state index < -0.39 is 0 Å². The first-order chi connectivity index (χ1) is 14.1. The Bertz CT molecular complexity index is 901. The van der Waals surface area contributed by atoms with Crippen molar-refractivity contribution < 1.29 is 0 Å². The van der Waals surface area contributed by atoms with E-state index in [-0.39, 0.29) is 11.0 Å². The van der Waals surface area contributed by atoms with Crippen LogP contribution in [0.1, 0.15) is 53.2 Å². The Morgan fingerprint density at radius 1 is 1.27 bits per heavy atom. The number of aryl methyl sites for hydroxylation is 1. The van der Waals surface area contributed by atoms with Gasteiger partial charge in [-0.3, -0.25) is 14.5 Å². The molecule has 0 bridgehead atoms. The fourth-order valence-electron chi connectivity index (χ4n) is 4.40. The predicted molar refractivity (Wildman–Crippen MR) is 123 cm³/mol. The third-order valence-electron chi connectivity index (χ3n) is 5.91. The molecular weight excluding hydrogens is 378 g/mol. The number of fused-ring (bicyclic) bond motifs is 1. The Morgan fingerprint density at radius 3 is 2.50 bits per heavy atom. The van der Waals surface area contributed by atoms with Crippen LogP contribution in [0, 0.1) is 11.8 Å². The number of nitrogens with zero attached hydrogens (tertiary/aromatic N) is 5. The zero-order valence-electron chi connectivity index (χ0n) is 19.5. The number of hydrogen-bond acceptors (Lipinski definition) is 6. The molecule has 1 aliphatic rings. The lowest BCUT2D eigenvalue weighted by Crippen LogP contribution is -2.42. The molecule has 0 aliphatic carbocycles. The molecule has 1 aliphatic heterocycles. The number of aromatic nitrogens is 4. The molecule has 0 radical (unpaired) electrons. The lowest BCUT2D eigenvalue weighted by molar-refractivity contribution is 0.190. The maximum atomic E-state index is 13.0. The summed E-state index contributed by atoms with van der Waals surface area (Å²) in [5.41, 5.74) is 7.54. The van der Waals surface area contributed by atoms with Crippen LogP contribution in [0.3, 0.4) is 0 Å². The van der Waals surface area contributed by atoms with E-state index in [1.54, 1.807) is 4.68 Å². The normalized spacial score (nSPS) is 16.7. The van der Waals surface area contributed by atoms with Crippen LogP contribution >= 0.6 is 0 Å². The van der Waals surface area contributed by atoms with Crippen LogP contribution in [0.15, 0.2) is 4.79 Å². The molecule has 1 saturated heterocycles. The van der Waals surface area contributed by atoms with Crippen molar-refractivity contribution in [1.29, 1.82) is 0 Å². The number of hydrogen-bond donors (Lipinski definition) is 2. The van der Waals surface area contributed by atoms with Crippen LogP contribution in [-0.2, 0) is 12.5 Å². The van der Waals surface area contributed by atoms with Crippen LogP contribution < -0.4 is 16.2 Å². The Morgan fingerprint density at radius 2 is 1.93 bits per heavy atom. The highest BCUT2D eigenvalue weighted by atomic mass is 16.1. The van der Waals surface area contributed by atoms with Crippen molar-refractivity contribution in [3.05, 3.63) is 16.0 Å². The van der Waals surface area contributed by atoms with E-state index in [2.05, 4.69) is 54.5 Å². The zero-order chi connectivity index (χ0) is 22.1. The standard InChI is InChI=1S/C22H39N7O/c1-15(2)13-29(14-16-7-10-28(11-8-16)12-9-23)21-24-17-18(20(30)25-21)27(6)26-19(17)22(3,4)5/h15-16H,7-14,23H2,1-6H3,(H,24,25,30). The first-order valence-corrected chi connectivity index (χ1v) is 11.2. The average Bonchev–Trinajstić information content (AvgIpc) is 3.00. The molecule has 0 aromatic carbocycles. The van der Waals surface area contributed by atoms with Crippen LogP contribution in [0.2, 0.25) is 0 Å². The summed E-state index contributed by atoms with van der Waals surface area (Å²) < 4.78 is 1.66. The first kappa shape index (κ1) is 22.7. The molecule has 0 spiro atoms. The van der Waals surface area contributed by atoms with Crippen LogP contribution in [0.5, 0.6) is 0 Å². The smallest absolute Gasteiger partial charge is 0.278 e. The number of H-pyrrole nitrogens is 1. The third-order valence-corrected chi connectivity index (χ3v) is 5.91. The molecule has 1 fully saturated rings. The van der Waals surface area contributed by atoms with Gasteiger partial charge in [0, 0.05) is 38.6 Å². The van der Waals surface area contributed by atoms with Gasteiger partial charge in [0.1, 0.15) is 5.52 Å². The fourth-order valence-corrected chi connectivity index (χ4v) is 4.40. The van der Waals surface area contributed by atoms with E-state index in [1.807, 2.05) is 7.05 Å². The Kier molecular flexibility index (Phi) is 6.87. The third kappa shape index (κ3) is 5.03. The summed E-state index contributed by atoms with van der Waals surface area (Å²) in [6.45, 7) is 16.4. The number of likely N-dealkylation sites (tertiary alicyclic amines) is 1. The van der Waals surface area contributed by atoms with Gasteiger partial charge < -0.3 is 15.5 Å². The van der Waals surface area contributed by atoms with Crippen molar-refractivity contribution in [2.45, 2.75) is 52.9 Å². The van der Waals surface area contributed by atoms with Crippen LogP contribution in [-0.4, -0.2) is 63.9 Å². The van der Waals surface area contributed by atoms with E-state index >= 15 is 0 Å². The van der Waals surface area contributed by atoms with E-state index in [0.717, 1.165) is 63.3 Å². The van der Waals surface area contributed by atoms with Gasteiger partial charge >= 0.3 is 0 Å². The minimum Gasteiger partial charge on any atom is -0.342 e. The Hall–Kier alpha value is -1.93.